The predicted molar refractivity (Wildman–Crippen MR) is 114 cm³/mol. The van der Waals surface area contributed by atoms with Crippen LogP contribution in [0.4, 0.5) is 0 Å². The summed E-state index contributed by atoms with van der Waals surface area (Å²) in [5.74, 6) is -0.307. The van der Waals surface area contributed by atoms with Crippen molar-refractivity contribution in [2.45, 2.75) is 13.3 Å². The van der Waals surface area contributed by atoms with Crippen LogP contribution in [0, 0.1) is 6.92 Å². The summed E-state index contributed by atoms with van der Waals surface area (Å²) in [6, 6.07) is 16.7. The number of benzene rings is 2. The van der Waals surface area contributed by atoms with Crippen molar-refractivity contribution >= 4 is 39.1 Å². The van der Waals surface area contributed by atoms with Gasteiger partial charge in [0.05, 0.1) is 11.8 Å². The fourth-order valence-corrected chi connectivity index (χ4v) is 4.23. The molecule has 2 aromatic carbocycles. The molecule has 0 fully saturated rings. The summed E-state index contributed by atoms with van der Waals surface area (Å²) in [5.41, 5.74) is 4.95. The zero-order chi connectivity index (χ0) is 19.7. The summed E-state index contributed by atoms with van der Waals surface area (Å²) in [4.78, 5) is 31.5. The van der Waals surface area contributed by atoms with Gasteiger partial charge in [0, 0.05) is 15.5 Å². The summed E-state index contributed by atoms with van der Waals surface area (Å²) in [5, 5.41) is 1.12. The third-order valence-corrected chi connectivity index (χ3v) is 5.64. The Morgan fingerprint density at radius 2 is 1.86 bits per heavy atom. The maximum atomic E-state index is 13.1. The number of nitrogens with one attached hydrogen (secondary N) is 1. The standard InChI is InChI=1S/C21H16ClN3O2S/c1-13-18(15-5-3-2-4-6-15)19-20(28-13)23-12-25(21(19)27)24-17(26)11-14-7-9-16(22)10-8-14/h2-10,12H,11H2,1H3,(H,24,26). The first kappa shape index (κ1) is 18.4. The maximum Gasteiger partial charge on any atom is 0.281 e. The Labute approximate surface area is 170 Å². The molecular weight excluding hydrogens is 394 g/mol. The Bertz CT molecular complexity index is 1210. The summed E-state index contributed by atoms with van der Waals surface area (Å²) >= 11 is 7.34. The summed E-state index contributed by atoms with van der Waals surface area (Å²) in [6.07, 6.45) is 1.49. The third kappa shape index (κ3) is 3.56. The molecule has 4 aromatic rings. The first-order valence-corrected chi connectivity index (χ1v) is 9.83. The zero-order valence-corrected chi connectivity index (χ0v) is 16.6. The van der Waals surface area contributed by atoms with E-state index in [4.69, 9.17) is 11.6 Å². The molecule has 2 heterocycles. The SMILES string of the molecule is Cc1sc2ncn(NC(=O)Cc3ccc(Cl)cc3)c(=O)c2c1-c1ccccc1. The number of carbonyl (C=O) groups is 1. The van der Waals surface area contributed by atoms with Crippen LogP contribution in [0.2, 0.25) is 5.02 Å². The number of nitrogens with zero attached hydrogens (tertiary/aromatic N) is 2. The number of aryl methyl sites for hydroxylation is 1. The Morgan fingerprint density at radius 3 is 2.57 bits per heavy atom. The van der Waals surface area contributed by atoms with Gasteiger partial charge in [0.2, 0.25) is 5.91 Å². The first-order valence-electron chi connectivity index (χ1n) is 8.63. The van der Waals surface area contributed by atoms with Gasteiger partial charge in [0.25, 0.3) is 5.56 Å². The van der Waals surface area contributed by atoms with E-state index in [0.717, 1.165) is 26.2 Å². The van der Waals surface area contributed by atoms with Crippen molar-refractivity contribution in [3.63, 3.8) is 0 Å². The molecule has 0 spiro atoms. The molecule has 28 heavy (non-hydrogen) atoms. The lowest BCUT2D eigenvalue weighted by atomic mass is 10.0. The minimum Gasteiger partial charge on any atom is -0.273 e. The second kappa shape index (κ2) is 7.58. The van der Waals surface area contributed by atoms with Gasteiger partial charge in [-0.25, -0.2) is 9.66 Å². The van der Waals surface area contributed by atoms with Crippen LogP contribution in [-0.4, -0.2) is 15.6 Å². The molecule has 4 rings (SSSR count). The second-order valence-electron chi connectivity index (χ2n) is 6.34. The molecule has 0 aliphatic rings. The molecule has 1 N–H and O–H groups in total. The van der Waals surface area contributed by atoms with Crippen LogP contribution < -0.4 is 11.0 Å². The number of hydrogen-bond donors (Lipinski definition) is 1. The highest BCUT2D eigenvalue weighted by Crippen LogP contribution is 2.35. The average molecular weight is 410 g/mol. The molecule has 0 bridgehead atoms. The molecule has 0 radical (unpaired) electrons. The number of fused-ring (bicyclic) bond motifs is 1. The van der Waals surface area contributed by atoms with Gasteiger partial charge >= 0.3 is 0 Å². The van der Waals surface area contributed by atoms with E-state index in [1.807, 2.05) is 37.3 Å². The number of aromatic nitrogens is 2. The van der Waals surface area contributed by atoms with Crippen molar-refractivity contribution in [3.8, 4) is 11.1 Å². The highest BCUT2D eigenvalue weighted by Gasteiger charge is 2.17. The van der Waals surface area contributed by atoms with Gasteiger partial charge in [0.15, 0.2) is 0 Å². The molecule has 0 atom stereocenters. The van der Waals surface area contributed by atoms with Gasteiger partial charge in [-0.1, -0.05) is 54.1 Å². The van der Waals surface area contributed by atoms with Crippen LogP contribution in [0.25, 0.3) is 21.3 Å². The molecule has 0 saturated carbocycles. The summed E-state index contributed by atoms with van der Waals surface area (Å²) < 4.78 is 1.15. The molecule has 2 aromatic heterocycles. The van der Waals surface area contributed by atoms with E-state index in [1.54, 1.807) is 24.3 Å². The number of rotatable bonds is 4. The zero-order valence-electron chi connectivity index (χ0n) is 15.0. The van der Waals surface area contributed by atoms with Gasteiger partial charge in [0.1, 0.15) is 11.2 Å². The lowest BCUT2D eigenvalue weighted by Gasteiger charge is -2.08. The highest BCUT2D eigenvalue weighted by molar-refractivity contribution is 7.19. The number of thiophene rings is 1. The van der Waals surface area contributed by atoms with Crippen molar-refractivity contribution in [2.24, 2.45) is 0 Å². The van der Waals surface area contributed by atoms with E-state index < -0.39 is 0 Å². The van der Waals surface area contributed by atoms with Crippen molar-refractivity contribution in [1.29, 1.82) is 0 Å². The maximum absolute atomic E-state index is 13.1. The Balaban J connectivity index is 1.69. The molecule has 5 nitrogen and oxygen atoms in total. The molecule has 1 amide bonds. The number of amides is 1. The second-order valence-corrected chi connectivity index (χ2v) is 7.98. The van der Waals surface area contributed by atoms with Gasteiger partial charge in [-0.3, -0.25) is 15.0 Å². The highest BCUT2D eigenvalue weighted by atomic mass is 35.5. The van der Waals surface area contributed by atoms with E-state index >= 15 is 0 Å². The number of halogens is 1. The van der Waals surface area contributed by atoms with Gasteiger partial charge in [-0.2, -0.15) is 0 Å². The Morgan fingerprint density at radius 1 is 1.14 bits per heavy atom. The normalized spacial score (nSPS) is 10.9. The van der Waals surface area contributed by atoms with Crippen LogP contribution in [0.3, 0.4) is 0 Å². The lowest BCUT2D eigenvalue weighted by molar-refractivity contribution is -0.116. The quantitative estimate of drug-likeness (QED) is 0.543. The topological polar surface area (TPSA) is 64.0 Å². The molecule has 7 heteroatoms. The minimum atomic E-state index is -0.307. The molecule has 0 saturated heterocycles. The van der Waals surface area contributed by atoms with Crippen LogP contribution in [-0.2, 0) is 11.2 Å². The first-order chi connectivity index (χ1) is 13.5. The molecule has 0 aliphatic heterocycles. The number of hydrogen-bond acceptors (Lipinski definition) is 4. The Hall–Kier alpha value is -2.96. The van der Waals surface area contributed by atoms with E-state index in [1.165, 1.54) is 17.7 Å². The predicted octanol–water partition coefficient (Wildman–Crippen LogP) is 4.40. The van der Waals surface area contributed by atoms with Crippen LogP contribution in [0.1, 0.15) is 10.4 Å². The van der Waals surface area contributed by atoms with E-state index in [2.05, 4.69) is 10.4 Å². The van der Waals surface area contributed by atoms with Crippen LogP contribution in [0.5, 0.6) is 0 Å². The van der Waals surface area contributed by atoms with E-state index in [-0.39, 0.29) is 17.9 Å². The van der Waals surface area contributed by atoms with Crippen molar-refractivity contribution in [1.82, 2.24) is 9.66 Å². The minimum absolute atomic E-state index is 0.135. The van der Waals surface area contributed by atoms with Gasteiger partial charge in [-0.15, -0.1) is 11.3 Å². The van der Waals surface area contributed by atoms with E-state index in [0.29, 0.717) is 15.2 Å². The number of carbonyl (C=O) groups excluding carboxylic acids is 1. The molecule has 140 valence electrons. The average Bonchev–Trinajstić information content (AvgIpc) is 3.03. The fourth-order valence-electron chi connectivity index (χ4n) is 3.10. The summed E-state index contributed by atoms with van der Waals surface area (Å²) in [6.45, 7) is 1.97. The van der Waals surface area contributed by atoms with Gasteiger partial charge in [-0.05, 0) is 30.2 Å². The van der Waals surface area contributed by atoms with Crippen molar-refractivity contribution in [2.75, 3.05) is 5.43 Å². The fraction of sp³-hybridized carbons (Fsp3) is 0.0952. The third-order valence-electron chi connectivity index (χ3n) is 4.37. The van der Waals surface area contributed by atoms with Gasteiger partial charge < -0.3 is 0 Å². The summed E-state index contributed by atoms with van der Waals surface area (Å²) in [7, 11) is 0. The molecule has 0 aliphatic carbocycles. The van der Waals surface area contributed by atoms with Crippen molar-refractivity contribution in [3.05, 3.63) is 86.7 Å². The van der Waals surface area contributed by atoms with E-state index in [9.17, 15) is 9.59 Å². The smallest absolute Gasteiger partial charge is 0.273 e. The van der Waals surface area contributed by atoms with Crippen LogP contribution in [0.15, 0.2) is 65.7 Å². The molecule has 0 unspecified atom stereocenters. The lowest BCUT2D eigenvalue weighted by Crippen LogP contribution is -2.34. The molecular formula is C21H16ClN3O2S. The van der Waals surface area contributed by atoms with Crippen LogP contribution >= 0.6 is 22.9 Å². The largest absolute Gasteiger partial charge is 0.281 e. The monoisotopic (exact) mass is 409 g/mol. The Kier molecular flexibility index (Phi) is 4.98. The van der Waals surface area contributed by atoms with Crippen molar-refractivity contribution < 1.29 is 4.79 Å².